The van der Waals surface area contributed by atoms with Crippen LogP contribution < -0.4 is 10.2 Å². The molecule has 0 radical (unpaired) electrons. The molecule has 0 atom stereocenters. The van der Waals surface area contributed by atoms with Gasteiger partial charge in [-0.1, -0.05) is 24.1 Å². The number of hydrogen-bond donors (Lipinski definition) is 1. The van der Waals surface area contributed by atoms with Crippen molar-refractivity contribution in [3.05, 3.63) is 40.8 Å². The monoisotopic (exact) mass is 381 g/mol. The summed E-state index contributed by atoms with van der Waals surface area (Å²) >= 11 is 0. The minimum absolute atomic E-state index is 0.0494. The van der Waals surface area contributed by atoms with Crippen LogP contribution in [0.15, 0.2) is 22.7 Å². The lowest BCUT2D eigenvalue weighted by atomic mass is 10.1. The molecule has 28 heavy (non-hydrogen) atoms. The molecule has 4 rings (SSSR count). The van der Waals surface area contributed by atoms with Gasteiger partial charge >= 0.3 is 0 Å². The number of aromatic nitrogens is 1. The van der Waals surface area contributed by atoms with E-state index in [1.165, 1.54) is 5.56 Å². The summed E-state index contributed by atoms with van der Waals surface area (Å²) in [6.45, 7) is 4.50. The van der Waals surface area contributed by atoms with Gasteiger partial charge in [0.25, 0.3) is 0 Å². The van der Waals surface area contributed by atoms with Gasteiger partial charge in [0.05, 0.1) is 5.69 Å². The molecular formula is C22H27N3O3. The average Bonchev–Trinajstić information content (AvgIpc) is 3.41. The first-order valence-electron chi connectivity index (χ1n) is 10.2. The van der Waals surface area contributed by atoms with Gasteiger partial charge in [-0.25, -0.2) is 0 Å². The van der Waals surface area contributed by atoms with Crippen LogP contribution in [-0.2, 0) is 22.4 Å². The van der Waals surface area contributed by atoms with Crippen LogP contribution in [0.4, 0.5) is 11.4 Å². The maximum absolute atomic E-state index is 12.9. The molecule has 0 saturated heterocycles. The summed E-state index contributed by atoms with van der Waals surface area (Å²) in [5, 5.41) is 6.90. The van der Waals surface area contributed by atoms with Crippen LogP contribution in [0.5, 0.6) is 0 Å². The third kappa shape index (κ3) is 3.68. The second kappa shape index (κ2) is 7.78. The van der Waals surface area contributed by atoms with Gasteiger partial charge in [-0.05, 0) is 57.2 Å². The zero-order chi connectivity index (χ0) is 19.7. The molecule has 1 N–H and O–H groups in total. The summed E-state index contributed by atoms with van der Waals surface area (Å²) in [5.74, 6) is 1.13. The van der Waals surface area contributed by atoms with Crippen molar-refractivity contribution in [2.24, 2.45) is 5.92 Å². The van der Waals surface area contributed by atoms with E-state index in [1.807, 2.05) is 36.9 Å². The summed E-state index contributed by atoms with van der Waals surface area (Å²) in [6, 6.07) is 5.90. The lowest BCUT2D eigenvalue weighted by Gasteiger charge is -2.21. The summed E-state index contributed by atoms with van der Waals surface area (Å²) in [5.41, 5.74) is 4.72. The number of nitrogens with zero attached hydrogens (tertiary/aromatic N) is 2. The molecule has 0 spiro atoms. The third-order valence-electron chi connectivity index (χ3n) is 6.02. The van der Waals surface area contributed by atoms with Gasteiger partial charge in [-0.2, -0.15) is 0 Å². The highest BCUT2D eigenvalue weighted by Gasteiger charge is 2.32. The fraction of sp³-hybridized carbons (Fsp3) is 0.500. The molecule has 0 unspecified atom stereocenters. The normalized spacial score (nSPS) is 16.4. The first-order valence-corrected chi connectivity index (χ1v) is 10.2. The predicted octanol–water partition coefficient (Wildman–Crippen LogP) is 3.94. The number of carbonyl (C=O) groups is 2. The molecular weight excluding hydrogens is 354 g/mol. The zero-order valence-corrected chi connectivity index (χ0v) is 16.6. The number of aryl methyl sites for hydroxylation is 2. The number of anilines is 2. The summed E-state index contributed by atoms with van der Waals surface area (Å²) in [4.78, 5) is 27.2. The van der Waals surface area contributed by atoms with Gasteiger partial charge < -0.3 is 14.7 Å². The second-order valence-corrected chi connectivity index (χ2v) is 7.92. The SMILES string of the molecule is Cc1noc(C)c1CCC(=O)Nc1ccc2c(c1)N(C(=O)C1CCCC1)CC2. The van der Waals surface area contributed by atoms with Crippen LogP contribution >= 0.6 is 0 Å². The number of hydrogen-bond acceptors (Lipinski definition) is 4. The van der Waals surface area contributed by atoms with Crippen molar-refractivity contribution in [1.82, 2.24) is 5.16 Å². The van der Waals surface area contributed by atoms with Crippen molar-refractivity contribution >= 4 is 23.2 Å². The first kappa shape index (κ1) is 18.7. The molecule has 2 aliphatic rings. The standard InChI is InChI=1S/C22H27N3O3/c1-14-19(15(2)28-24-14)9-10-21(26)23-18-8-7-16-11-12-25(20(16)13-18)22(27)17-5-3-4-6-17/h7-8,13,17H,3-6,9-12H2,1-2H3,(H,23,26). The molecule has 1 saturated carbocycles. The maximum atomic E-state index is 12.9. The fourth-order valence-electron chi connectivity index (χ4n) is 4.40. The Bertz CT molecular complexity index is 877. The van der Waals surface area contributed by atoms with E-state index in [2.05, 4.69) is 10.5 Å². The van der Waals surface area contributed by atoms with Crippen molar-refractivity contribution in [2.45, 2.75) is 58.8 Å². The Morgan fingerprint density at radius 1 is 1.25 bits per heavy atom. The number of amides is 2. The van der Waals surface area contributed by atoms with Crippen LogP contribution in [0, 0.1) is 19.8 Å². The molecule has 2 heterocycles. The summed E-state index contributed by atoms with van der Waals surface area (Å²) in [7, 11) is 0. The van der Waals surface area contributed by atoms with E-state index in [4.69, 9.17) is 4.52 Å². The van der Waals surface area contributed by atoms with E-state index in [-0.39, 0.29) is 17.7 Å². The first-order chi connectivity index (χ1) is 13.5. The van der Waals surface area contributed by atoms with E-state index < -0.39 is 0 Å². The van der Waals surface area contributed by atoms with E-state index in [0.29, 0.717) is 12.8 Å². The number of nitrogens with one attached hydrogen (secondary N) is 1. The maximum Gasteiger partial charge on any atom is 0.230 e. The second-order valence-electron chi connectivity index (χ2n) is 7.92. The highest BCUT2D eigenvalue weighted by molar-refractivity contribution is 5.98. The van der Waals surface area contributed by atoms with Gasteiger partial charge in [-0.15, -0.1) is 0 Å². The van der Waals surface area contributed by atoms with Crippen LogP contribution in [-0.4, -0.2) is 23.5 Å². The lowest BCUT2D eigenvalue weighted by molar-refractivity contribution is -0.122. The molecule has 148 valence electrons. The number of fused-ring (bicyclic) bond motifs is 1. The molecule has 6 nitrogen and oxygen atoms in total. The van der Waals surface area contributed by atoms with Crippen molar-refractivity contribution < 1.29 is 14.1 Å². The smallest absolute Gasteiger partial charge is 0.230 e. The third-order valence-corrected chi connectivity index (χ3v) is 6.02. The fourth-order valence-corrected chi connectivity index (χ4v) is 4.40. The van der Waals surface area contributed by atoms with Crippen LogP contribution in [0.1, 0.15) is 54.7 Å². The van der Waals surface area contributed by atoms with E-state index in [1.54, 1.807) is 0 Å². The number of carbonyl (C=O) groups excluding carboxylic acids is 2. The Hall–Kier alpha value is -2.63. The molecule has 2 amide bonds. The average molecular weight is 381 g/mol. The summed E-state index contributed by atoms with van der Waals surface area (Å²) < 4.78 is 5.15. The van der Waals surface area contributed by atoms with Crippen molar-refractivity contribution in [2.75, 3.05) is 16.8 Å². The topological polar surface area (TPSA) is 75.4 Å². The minimum atomic E-state index is -0.0494. The molecule has 1 aliphatic carbocycles. The van der Waals surface area contributed by atoms with Crippen LogP contribution in [0.3, 0.4) is 0 Å². The number of rotatable bonds is 5. The Morgan fingerprint density at radius 3 is 2.75 bits per heavy atom. The molecule has 0 bridgehead atoms. The van der Waals surface area contributed by atoms with Crippen LogP contribution in [0.2, 0.25) is 0 Å². The van der Waals surface area contributed by atoms with Crippen molar-refractivity contribution in [1.29, 1.82) is 0 Å². The molecule has 1 fully saturated rings. The van der Waals surface area contributed by atoms with Gasteiger partial charge in [0, 0.05) is 35.8 Å². The highest BCUT2D eigenvalue weighted by Crippen LogP contribution is 2.35. The molecule has 1 aromatic carbocycles. The predicted molar refractivity (Wildman–Crippen MR) is 107 cm³/mol. The Labute approximate surface area is 165 Å². The van der Waals surface area contributed by atoms with Crippen molar-refractivity contribution in [3.63, 3.8) is 0 Å². The largest absolute Gasteiger partial charge is 0.361 e. The number of benzene rings is 1. The quantitative estimate of drug-likeness (QED) is 0.851. The van der Waals surface area contributed by atoms with E-state index in [0.717, 1.165) is 67.0 Å². The van der Waals surface area contributed by atoms with E-state index in [9.17, 15) is 9.59 Å². The van der Waals surface area contributed by atoms with Gasteiger partial charge in [0.1, 0.15) is 5.76 Å². The highest BCUT2D eigenvalue weighted by atomic mass is 16.5. The zero-order valence-electron chi connectivity index (χ0n) is 16.6. The van der Waals surface area contributed by atoms with Gasteiger partial charge in [-0.3, -0.25) is 9.59 Å². The van der Waals surface area contributed by atoms with Crippen LogP contribution in [0.25, 0.3) is 0 Å². The van der Waals surface area contributed by atoms with Gasteiger partial charge in [0.2, 0.25) is 11.8 Å². The summed E-state index contributed by atoms with van der Waals surface area (Å²) in [6.07, 6.45) is 6.16. The van der Waals surface area contributed by atoms with Crippen molar-refractivity contribution in [3.8, 4) is 0 Å². The van der Waals surface area contributed by atoms with Gasteiger partial charge in [0.15, 0.2) is 0 Å². The molecule has 6 heteroatoms. The Balaban J connectivity index is 1.41. The Kier molecular flexibility index (Phi) is 5.20. The lowest BCUT2D eigenvalue weighted by Crippen LogP contribution is -2.33. The Morgan fingerprint density at radius 2 is 2.04 bits per heavy atom. The molecule has 1 aromatic heterocycles. The molecule has 1 aliphatic heterocycles. The molecule has 2 aromatic rings. The minimum Gasteiger partial charge on any atom is -0.361 e. The van der Waals surface area contributed by atoms with E-state index >= 15 is 0 Å².